The fraction of sp³-hybridized carbons (Fsp3) is 0.429. The Morgan fingerprint density at radius 1 is 1.04 bits per heavy atom. The molecular weight excluding hydrogens is 374 g/mol. The van der Waals surface area contributed by atoms with Crippen LogP contribution in [0.1, 0.15) is 35.3 Å². The van der Waals surface area contributed by atoms with Crippen LogP contribution in [0.4, 0.5) is 4.79 Å². The van der Waals surface area contributed by atoms with E-state index in [-0.39, 0.29) is 12.5 Å². The normalized spacial score (nSPS) is 14.0. The van der Waals surface area contributed by atoms with Gasteiger partial charge in [-0.1, -0.05) is 26.0 Å². The molecule has 1 aromatic carbocycles. The molecule has 6 nitrogen and oxygen atoms in total. The second kappa shape index (κ2) is 11.5. The second-order valence-corrected chi connectivity index (χ2v) is 7.13. The van der Waals surface area contributed by atoms with Gasteiger partial charge in [-0.2, -0.15) is 11.3 Å². The first-order chi connectivity index (χ1) is 13.6. The number of alkyl carbamates (subject to hydrolysis) is 1. The molecule has 0 saturated carbocycles. The third-order valence-electron chi connectivity index (χ3n) is 4.38. The number of likely N-dealkylation sites (N-methyl/N-ethyl adjacent to an activating group) is 1. The first-order valence-electron chi connectivity index (χ1n) is 9.60. The van der Waals surface area contributed by atoms with Gasteiger partial charge in [0.1, 0.15) is 6.61 Å². The number of hydrogen-bond donors (Lipinski definition) is 1. The molecule has 0 unspecified atom stereocenters. The Morgan fingerprint density at radius 3 is 2.32 bits per heavy atom. The van der Waals surface area contributed by atoms with Crippen molar-refractivity contribution in [3.05, 3.63) is 57.8 Å². The van der Waals surface area contributed by atoms with E-state index in [4.69, 9.17) is 4.74 Å². The van der Waals surface area contributed by atoms with Crippen LogP contribution < -0.4 is 5.32 Å². The predicted molar refractivity (Wildman–Crippen MR) is 113 cm³/mol. The molecule has 1 aliphatic rings. The molecule has 0 bridgehead atoms. The highest BCUT2D eigenvalue weighted by atomic mass is 32.1. The van der Waals surface area contributed by atoms with Crippen LogP contribution in [0.25, 0.3) is 0 Å². The van der Waals surface area contributed by atoms with Gasteiger partial charge in [-0.25, -0.2) is 4.79 Å². The standard InChI is InChI=1S/C19H23N3O3S.C2H6/c1-21-7-9-22(10-8-21)18(23)17-4-2-15(3-5-17)12-20-19(24)25-13-16-6-11-26-14-16;1-2/h2-6,11,14H,7-10,12-13H2,1H3,(H,20,24);1-2H3. The third kappa shape index (κ3) is 6.65. The molecule has 1 aromatic heterocycles. The van der Waals surface area contributed by atoms with Crippen molar-refractivity contribution >= 4 is 23.3 Å². The zero-order chi connectivity index (χ0) is 20.4. The molecule has 28 heavy (non-hydrogen) atoms. The highest BCUT2D eigenvalue weighted by Gasteiger charge is 2.20. The zero-order valence-corrected chi connectivity index (χ0v) is 17.6. The van der Waals surface area contributed by atoms with Gasteiger partial charge < -0.3 is 19.9 Å². The van der Waals surface area contributed by atoms with Gasteiger partial charge in [0.05, 0.1) is 0 Å². The fourth-order valence-corrected chi connectivity index (χ4v) is 3.36. The van der Waals surface area contributed by atoms with E-state index >= 15 is 0 Å². The summed E-state index contributed by atoms with van der Waals surface area (Å²) in [5, 5.41) is 6.61. The van der Waals surface area contributed by atoms with Crippen molar-refractivity contribution in [1.29, 1.82) is 0 Å². The molecule has 7 heteroatoms. The molecule has 152 valence electrons. The number of piperazine rings is 1. The summed E-state index contributed by atoms with van der Waals surface area (Å²) in [6.07, 6.45) is -0.450. The summed E-state index contributed by atoms with van der Waals surface area (Å²) in [5.41, 5.74) is 2.59. The van der Waals surface area contributed by atoms with Crippen LogP contribution in [0.2, 0.25) is 0 Å². The Kier molecular flexibility index (Phi) is 8.97. The van der Waals surface area contributed by atoms with E-state index in [2.05, 4.69) is 17.3 Å². The van der Waals surface area contributed by atoms with Crippen LogP contribution >= 0.6 is 11.3 Å². The van der Waals surface area contributed by atoms with Crippen molar-refractivity contribution in [3.8, 4) is 0 Å². The van der Waals surface area contributed by atoms with E-state index in [1.807, 2.05) is 59.8 Å². The number of ether oxygens (including phenoxy) is 1. The number of hydrogen-bond acceptors (Lipinski definition) is 5. The van der Waals surface area contributed by atoms with E-state index < -0.39 is 6.09 Å². The lowest BCUT2D eigenvalue weighted by atomic mass is 10.1. The molecular formula is C21H29N3O3S. The number of amides is 2. The molecule has 1 N–H and O–H groups in total. The number of benzene rings is 1. The molecule has 3 rings (SSSR count). The van der Waals surface area contributed by atoms with Gasteiger partial charge in [-0.05, 0) is 41.6 Å². The number of nitrogens with one attached hydrogen (secondary N) is 1. The molecule has 2 aromatic rings. The third-order valence-corrected chi connectivity index (χ3v) is 5.11. The van der Waals surface area contributed by atoms with E-state index in [1.54, 1.807) is 11.3 Å². The van der Waals surface area contributed by atoms with Crippen molar-refractivity contribution in [3.63, 3.8) is 0 Å². The first-order valence-corrected chi connectivity index (χ1v) is 10.5. The SMILES string of the molecule is CC.CN1CCN(C(=O)c2ccc(CNC(=O)OCc3ccsc3)cc2)CC1. The van der Waals surface area contributed by atoms with Crippen LogP contribution in [0.5, 0.6) is 0 Å². The molecule has 1 saturated heterocycles. The van der Waals surface area contributed by atoms with E-state index in [9.17, 15) is 9.59 Å². The molecule has 0 aliphatic carbocycles. The van der Waals surface area contributed by atoms with Crippen molar-refractivity contribution in [2.75, 3.05) is 33.2 Å². The predicted octanol–water partition coefficient (Wildman–Crippen LogP) is 3.59. The van der Waals surface area contributed by atoms with Crippen LogP contribution in [-0.4, -0.2) is 55.0 Å². The van der Waals surface area contributed by atoms with Crippen LogP contribution in [0.15, 0.2) is 41.1 Å². The van der Waals surface area contributed by atoms with Gasteiger partial charge in [0.25, 0.3) is 5.91 Å². The lowest BCUT2D eigenvalue weighted by molar-refractivity contribution is 0.0664. The molecule has 0 radical (unpaired) electrons. The maximum atomic E-state index is 12.5. The number of carbonyl (C=O) groups excluding carboxylic acids is 2. The molecule has 0 atom stereocenters. The number of rotatable bonds is 5. The van der Waals surface area contributed by atoms with Crippen LogP contribution in [-0.2, 0) is 17.9 Å². The largest absolute Gasteiger partial charge is 0.445 e. The van der Waals surface area contributed by atoms with Gasteiger partial charge in [0, 0.05) is 43.9 Å². The summed E-state index contributed by atoms with van der Waals surface area (Å²) >= 11 is 1.57. The van der Waals surface area contributed by atoms with Crippen molar-refractivity contribution in [1.82, 2.24) is 15.1 Å². The smallest absolute Gasteiger partial charge is 0.407 e. The fourth-order valence-electron chi connectivity index (χ4n) is 2.71. The minimum atomic E-state index is -0.450. The Morgan fingerprint density at radius 2 is 1.71 bits per heavy atom. The second-order valence-electron chi connectivity index (χ2n) is 6.35. The molecule has 2 amide bonds. The van der Waals surface area contributed by atoms with Crippen molar-refractivity contribution < 1.29 is 14.3 Å². The van der Waals surface area contributed by atoms with Crippen LogP contribution in [0.3, 0.4) is 0 Å². The molecule has 2 heterocycles. The highest BCUT2D eigenvalue weighted by molar-refractivity contribution is 7.07. The van der Waals surface area contributed by atoms with E-state index in [0.29, 0.717) is 12.1 Å². The van der Waals surface area contributed by atoms with Crippen LogP contribution in [0, 0.1) is 0 Å². The highest BCUT2D eigenvalue weighted by Crippen LogP contribution is 2.11. The maximum Gasteiger partial charge on any atom is 0.407 e. The Bertz CT molecular complexity index is 724. The number of nitrogens with zero attached hydrogens (tertiary/aromatic N) is 2. The van der Waals surface area contributed by atoms with Gasteiger partial charge in [0.15, 0.2) is 0 Å². The Balaban J connectivity index is 0.00000136. The Labute approximate surface area is 171 Å². The maximum absolute atomic E-state index is 12.5. The minimum absolute atomic E-state index is 0.0628. The lowest BCUT2D eigenvalue weighted by Gasteiger charge is -2.32. The summed E-state index contributed by atoms with van der Waals surface area (Å²) < 4.78 is 5.15. The molecule has 1 aliphatic heterocycles. The van der Waals surface area contributed by atoms with E-state index in [0.717, 1.165) is 37.3 Å². The Hall–Kier alpha value is -2.38. The minimum Gasteiger partial charge on any atom is -0.445 e. The number of carbonyl (C=O) groups is 2. The van der Waals surface area contributed by atoms with Gasteiger partial charge in [0.2, 0.25) is 0 Å². The van der Waals surface area contributed by atoms with Gasteiger partial charge in [-0.3, -0.25) is 4.79 Å². The quantitative estimate of drug-likeness (QED) is 0.829. The van der Waals surface area contributed by atoms with Crippen molar-refractivity contribution in [2.45, 2.75) is 27.0 Å². The average Bonchev–Trinajstić information content (AvgIpc) is 3.26. The summed E-state index contributed by atoms with van der Waals surface area (Å²) in [5.74, 6) is 0.0628. The summed E-state index contributed by atoms with van der Waals surface area (Å²) in [7, 11) is 2.06. The van der Waals surface area contributed by atoms with Gasteiger partial charge >= 0.3 is 6.09 Å². The monoisotopic (exact) mass is 403 g/mol. The topological polar surface area (TPSA) is 61.9 Å². The van der Waals surface area contributed by atoms with Gasteiger partial charge in [-0.15, -0.1) is 0 Å². The average molecular weight is 404 g/mol. The lowest BCUT2D eigenvalue weighted by Crippen LogP contribution is -2.47. The first kappa shape index (κ1) is 21.9. The molecule has 1 fully saturated rings. The summed E-state index contributed by atoms with van der Waals surface area (Å²) in [6.45, 7) is 7.96. The summed E-state index contributed by atoms with van der Waals surface area (Å²) in [4.78, 5) is 28.3. The molecule has 0 spiro atoms. The van der Waals surface area contributed by atoms with E-state index in [1.165, 1.54) is 0 Å². The van der Waals surface area contributed by atoms with Crippen molar-refractivity contribution in [2.24, 2.45) is 0 Å². The summed E-state index contributed by atoms with van der Waals surface area (Å²) in [6, 6.07) is 9.28. The zero-order valence-electron chi connectivity index (χ0n) is 16.8. The number of thiophene rings is 1.